The summed E-state index contributed by atoms with van der Waals surface area (Å²) in [6, 6.07) is 4.65. The van der Waals surface area contributed by atoms with Crippen molar-refractivity contribution in [2.45, 2.75) is 56.1 Å². The quantitative estimate of drug-likeness (QED) is 0.626. The molecular weight excluding hydrogens is 409 g/mol. The molecule has 1 aromatic rings. The Labute approximate surface area is 178 Å². The van der Waals surface area contributed by atoms with Crippen molar-refractivity contribution in [2.24, 2.45) is 5.92 Å². The van der Waals surface area contributed by atoms with Gasteiger partial charge in [-0.1, -0.05) is 20.3 Å². The number of halogens is 1. The molecule has 1 N–H and O–H groups in total. The topological polar surface area (TPSA) is 79.0 Å². The van der Waals surface area contributed by atoms with Crippen LogP contribution in [-0.4, -0.2) is 68.6 Å². The van der Waals surface area contributed by atoms with Crippen molar-refractivity contribution in [3.63, 3.8) is 0 Å². The van der Waals surface area contributed by atoms with Crippen LogP contribution in [0.5, 0.6) is 0 Å². The second-order valence-corrected chi connectivity index (χ2v) is 10.2. The molecular formula is C21H32FN3O4S. The molecule has 2 saturated heterocycles. The third-order valence-corrected chi connectivity index (χ3v) is 8.33. The van der Waals surface area contributed by atoms with E-state index in [2.05, 4.69) is 19.2 Å². The summed E-state index contributed by atoms with van der Waals surface area (Å²) in [5.41, 5.74) is -0.534. The number of carbonyl (C=O) groups excluding carboxylic acids is 1. The lowest BCUT2D eigenvalue weighted by atomic mass is 9.96. The molecule has 168 valence electrons. The molecule has 2 heterocycles. The number of hydrogen-bond acceptors (Lipinski definition) is 5. The van der Waals surface area contributed by atoms with Crippen LogP contribution in [0.2, 0.25) is 0 Å². The second kappa shape index (κ2) is 9.30. The first-order chi connectivity index (χ1) is 14.2. The van der Waals surface area contributed by atoms with Crippen molar-refractivity contribution in [3.05, 3.63) is 30.1 Å². The van der Waals surface area contributed by atoms with Crippen LogP contribution >= 0.6 is 0 Å². The normalized spacial score (nSPS) is 23.3. The maximum atomic E-state index is 13.2. The molecule has 30 heavy (non-hydrogen) atoms. The van der Waals surface area contributed by atoms with Gasteiger partial charge in [-0.25, -0.2) is 12.8 Å². The summed E-state index contributed by atoms with van der Waals surface area (Å²) in [5, 5.41) is 3.57. The zero-order valence-electron chi connectivity index (χ0n) is 17.9. The lowest BCUT2D eigenvalue weighted by molar-refractivity contribution is -0.134. The molecule has 3 rings (SSSR count). The fraction of sp³-hybridized carbons (Fsp3) is 0.667. The fourth-order valence-corrected chi connectivity index (χ4v) is 5.83. The van der Waals surface area contributed by atoms with Gasteiger partial charge in [-0.15, -0.1) is 0 Å². The Morgan fingerprint density at radius 1 is 1.27 bits per heavy atom. The molecule has 0 saturated carbocycles. The van der Waals surface area contributed by atoms with Crippen LogP contribution in [0, 0.1) is 11.7 Å². The van der Waals surface area contributed by atoms with Gasteiger partial charge in [-0.3, -0.25) is 10.1 Å². The summed E-state index contributed by atoms with van der Waals surface area (Å²) in [6.07, 6.45) is 2.64. The Kier molecular flexibility index (Phi) is 7.16. The lowest BCUT2D eigenvalue weighted by Gasteiger charge is -2.44. The molecule has 0 bridgehead atoms. The summed E-state index contributed by atoms with van der Waals surface area (Å²) in [4.78, 5) is 15.2. The highest BCUT2D eigenvalue weighted by molar-refractivity contribution is 7.89. The van der Waals surface area contributed by atoms with E-state index in [9.17, 15) is 17.6 Å². The minimum absolute atomic E-state index is 0.0877. The van der Waals surface area contributed by atoms with Gasteiger partial charge in [0.25, 0.3) is 0 Å². The molecule has 9 heteroatoms. The summed E-state index contributed by atoms with van der Waals surface area (Å²) in [5.74, 6) is -0.180. The summed E-state index contributed by atoms with van der Waals surface area (Å²) < 4.78 is 45.7. The molecule has 1 amide bonds. The van der Waals surface area contributed by atoms with Gasteiger partial charge >= 0.3 is 0 Å². The number of ether oxygens (including phenoxy) is 1. The molecule has 0 aromatic heterocycles. The van der Waals surface area contributed by atoms with Gasteiger partial charge in [0.1, 0.15) is 5.82 Å². The van der Waals surface area contributed by atoms with Crippen LogP contribution in [-0.2, 0) is 19.6 Å². The first-order valence-electron chi connectivity index (χ1n) is 10.6. The monoisotopic (exact) mass is 441 g/mol. The number of carbonyl (C=O) groups is 1. The van der Waals surface area contributed by atoms with Gasteiger partial charge < -0.3 is 9.64 Å². The fourth-order valence-electron chi connectivity index (χ4n) is 4.39. The number of sulfonamides is 1. The van der Waals surface area contributed by atoms with Crippen LogP contribution in [0.25, 0.3) is 0 Å². The van der Waals surface area contributed by atoms with E-state index >= 15 is 0 Å². The SMILES string of the molecule is CC[C@@H](C)[C@H]1NC2(CCN(S(=O)(=O)c3ccc(F)cc3)CC2)N(CCCOC)C1=O. The largest absolute Gasteiger partial charge is 0.385 e. The van der Waals surface area contributed by atoms with Gasteiger partial charge in [0.2, 0.25) is 15.9 Å². The van der Waals surface area contributed by atoms with Crippen molar-refractivity contribution in [1.82, 2.24) is 14.5 Å². The van der Waals surface area contributed by atoms with E-state index in [1.54, 1.807) is 7.11 Å². The number of hydrogen-bond donors (Lipinski definition) is 1. The minimum atomic E-state index is -3.70. The van der Waals surface area contributed by atoms with Gasteiger partial charge in [0, 0.05) is 33.4 Å². The highest BCUT2D eigenvalue weighted by Crippen LogP contribution is 2.36. The summed E-state index contributed by atoms with van der Waals surface area (Å²) in [7, 11) is -2.06. The van der Waals surface area contributed by atoms with Crippen LogP contribution < -0.4 is 5.32 Å². The maximum absolute atomic E-state index is 13.2. The third-order valence-electron chi connectivity index (χ3n) is 6.42. The molecule has 2 aliphatic rings. The van der Waals surface area contributed by atoms with Crippen LogP contribution in [0.4, 0.5) is 4.39 Å². The first kappa shape index (κ1) is 23.1. The number of benzene rings is 1. The Balaban J connectivity index is 1.77. The number of amides is 1. The van der Waals surface area contributed by atoms with Crippen molar-refractivity contribution in [1.29, 1.82) is 0 Å². The van der Waals surface area contributed by atoms with E-state index in [0.717, 1.165) is 25.0 Å². The standard InChI is InChI=1S/C21H32FN3O4S/c1-4-16(2)19-20(26)25(12-5-15-29-3)21(23-19)10-13-24(14-11-21)30(27,28)18-8-6-17(22)7-9-18/h6-9,16,19,23H,4-5,10-15H2,1-3H3/t16-,19-/m1/s1. The Hall–Kier alpha value is -1.55. The molecule has 1 spiro atoms. The number of nitrogens with zero attached hydrogens (tertiary/aromatic N) is 2. The first-order valence-corrected chi connectivity index (χ1v) is 12.0. The Bertz CT molecular complexity index is 838. The maximum Gasteiger partial charge on any atom is 0.243 e. The number of rotatable bonds is 8. The average Bonchev–Trinajstić information content (AvgIpc) is 3.00. The van der Waals surface area contributed by atoms with E-state index in [1.807, 2.05) is 4.90 Å². The van der Waals surface area contributed by atoms with Crippen LogP contribution in [0.15, 0.2) is 29.2 Å². The number of piperidine rings is 1. The predicted molar refractivity (Wildman–Crippen MR) is 112 cm³/mol. The van der Waals surface area contributed by atoms with Gasteiger partial charge in [0.05, 0.1) is 16.6 Å². The summed E-state index contributed by atoms with van der Waals surface area (Å²) in [6.45, 7) is 5.88. The molecule has 0 unspecified atom stereocenters. The van der Waals surface area contributed by atoms with E-state index in [1.165, 1.54) is 16.4 Å². The molecule has 2 fully saturated rings. The van der Waals surface area contributed by atoms with E-state index < -0.39 is 21.5 Å². The summed E-state index contributed by atoms with van der Waals surface area (Å²) >= 11 is 0. The average molecular weight is 442 g/mol. The van der Waals surface area contributed by atoms with Crippen molar-refractivity contribution < 1.29 is 22.3 Å². The predicted octanol–water partition coefficient (Wildman–Crippen LogP) is 2.19. The molecule has 1 aromatic carbocycles. The van der Waals surface area contributed by atoms with E-state index in [-0.39, 0.29) is 22.8 Å². The van der Waals surface area contributed by atoms with Gasteiger partial charge in [-0.2, -0.15) is 4.31 Å². The van der Waals surface area contributed by atoms with Crippen molar-refractivity contribution >= 4 is 15.9 Å². The van der Waals surface area contributed by atoms with Crippen molar-refractivity contribution in [3.8, 4) is 0 Å². The highest BCUT2D eigenvalue weighted by Gasteiger charge is 2.53. The lowest BCUT2D eigenvalue weighted by Crippen LogP contribution is -2.59. The van der Waals surface area contributed by atoms with E-state index in [4.69, 9.17) is 4.74 Å². The minimum Gasteiger partial charge on any atom is -0.385 e. The second-order valence-electron chi connectivity index (χ2n) is 8.23. The van der Waals surface area contributed by atoms with Crippen molar-refractivity contribution in [2.75, 3.05) is 33.4 Å². The number of nitrogens with one attached hydrogen (secondary N) is 1. The van der Waals surface area contributed by atoms with Gasteiger partial charge in [-0.05, 0) is 49.4 Å². The Morgan fingerprint density at radius 2 is 1.90 bits per heavy atom. The van der Waals surface area contributed by atoms with Gasteiger partial charge in [0.15, 0.2) is 0 Å². The molecule has 0 radical (unpaired) electrons. The van der Waals surface area contributed by atoms with E-state index in [0.29, 0.717) is 39.1 Å². The smallest absolute Gasteiger partial charge is 0.243 e. The third kappa shape index (κ3) is 4.39. The zero-order chi connectivity index (χ0) is 21.9. The zero-order valence-corrected chi connectivity index (χ0v) is 18.8. The molecule has 7 nitrogen and oxygen atoms in total. The van der Waals surface area contributed by atoms with Crippen LogP contribution in [0.3, 0.4) is 0 Å². The molecule has 2 atom stereocenters. The molecule has 0 aliphatic carbocycles. The van der Waals surface area contributed by atoms with Crippen LogP contribution in [0.1, 0.15) is 39.5 Å². The Morgan fingerprint density at radius 3 is 2.47 bits per heavy atom. The highest BCUT2D eigenvalue weighted by atomic mass is 32.2. The molecule has 2 aliphatic heterocycles. The number of methoxy groups -OCH3 is 1.